The molecule has 3 fully saturated rings. The fourth-order valence-electron chi connectivity index (χ4n) is 8.95. The molecule has 4 aromatic heterocycles. The van der Waals surface area contributed by atoms with Gasteiger partial charge in [-0.2, -0.15) is 5.10 Å². The van der Waals surface area contributed by atoms with Crippen LogP contribution in [-0.2, 0) is 16.6 Å². The SMILES string of the molecule is Cc1ccnc2c(C(=O)Nc3cn([C@H]4CC[C@H](CN(C)C5CCN(c6cccc7c6n(C)c(=O)n7C6CCC(=O)NC6=O)CC5)CC4)nc3C(F)F)ccn12. The van der Waals surface area contributed by atoms with Crippen LogP contribution in [0.3, 0.4) is 0 Å². The lowest BCUT2D eigenvalue weighted by Gasteiger charge is -2.40. The minimum Gasteiger partial charge on any atom is -0.370 e. The van der Waals surface area contributed by atoms with Crippen LogP contribution < -0.4 is 21.2 Å². The maximum atomic E-state index is 14.1. The van der Waals surface area contributed by atoms with Gasteiger partial charge in [-0.1, -0.05) is 6.07 Å². The van der Waals surface area contributed by atoms with E-state index in [9.17, 15) is 28.0 Å². The third-order valence-corrected chi connectivity index (χ3v) is 12.0. The summed E-state index contributed by atoms with van der Waals surface area (Å²) in [7, 11) is 3.91. The highest BCUT2D eigenvalue weighted by Gasteiger charge is 2.34. The van der Waals surface area contributed by atoms with Gasteiger partial charge in [0.25, 0.3) is 12.3 Å². The molecule has 0 spiro atoms. The molecule has 5 aromatic rings. The van der Waals surface area contributed by atoms with Gasteiger partial charge in [0.2, 0.25) is 11.8 Å². The number of benzene rings is 1. The van der Waals surface area contributed by atoms with Crippen LogP contribution in [-0.4, -0.2) is 83.6 Å². The summed E-state index contributed by atoms with van der Waals surface area (Å²) in [5.41, 5.74) is 3.42. The summed E-state index contributed by atoms with van der Waals surface area (Å²) in [5, 5.41) is 9.31. The minimum absolute atomic E-state index is 0.0190. The smallest absolute Gasteiger partial charge is 0.329 e. The van der Waals surface area contributed by atoms with Crippen molar-refractivity contribution in [2.24, 2.45) is 13.0 Å². The third-order valence-electron chi connectivity index (χ3n) is 12.0. The highest BCUT2D eigenvalue weighted by atomic mass is 19.3. The molecule has 3 amide bonds. The van der Waals surface area contributed by atoms with E-state index in [1.165, 1.54) is 4.57 Å². The Balaban J connectivity index is 0.869. The first-order chi connectivity index (χ1) is 26.5. The lowest BCUT2D eigenvalue weighted by Crippen LogP contribution is -2.45. The number of aromatic nitrogens is 6. The van der Waals surface area contributed by atoms with Crippen LogP contribution >= 0.6 is 0 Å². The average molecular weight is 757 g/mol. The van der Waals surface area contributed by atoms with Crippen molar-refractivity contribution >= 4 is 45.8 Å². The van der Waals surface area contributed by atoms with Crippen molar-refractivity contribution in [3.05, 3.63) is 76.4 Å². The number of nitrogens with one attached hydrogen (secondary N) is 2. The molecule has 1 aliphatic carbocycles. The zero-order valence-electron chi connectivity index (χ0n) is 31.3. The number of carbonyl (C=O) groups is 3. The molecule has 290 valence electrons. The van der Waals surface area contributed by atoms with Gasteiger partial charge in [-0.05, 0) is 89.1 Å². The number of aryl methyl sites for hydroxylation is 2. The van der Waals surface area contributed by atoms with Gasteiger partial charge in [0.05, 0.1) is 34.0 Å². The number of fused-ring (bicyclic) bond motifs is 2. The standard InChI is InChI=1S/C39H46F2N10O4/c1-23-13-17-42-36-27(16-20-49(23)36)37(53)43-28-22-50(45-33(28)35(40)41)26-9-7-24(8-10-26)21-46(2)25-14-18-48(19-15-25)29-5-4-6-30-34(29)47(3)39(55)51(30)31-11-12-32(52)44-38(31)54/h4-6,13,16-17,20,22,24-26,31,35H,7-12,14-15,18-19,21H2,1-3H3,(H,43,53)(H,44,52,54)/t24-,26-,31?. The average Bonchev–Trinajstić information content (AvgIpc) is 3.87. The number of nitrogens with zero attached hydrogens (tertiary/aromatic N) is 8. The van der Waals surface area contributed by atoms with Gasteiger partial charge >= 0.3 is 5.69 Å². The normalized spacial score (nSPS) is 21.3. The predicted octanol–water partition coefficient (Wildman–Crippen LogP) is 4.99. The van der Waals surface area contributed by atoms with Crippen molar-refractivity contribution < 1.29 is 23.2 Å². The second-order valence-corrected chi connectivity index (χ2v) is 15.3. The number of halogens is 2. The summed E-state index contributed by atoms with van der Waals surface area (Å²) in [4.78, 5) is 60.2. The van der Waals surface area contributed by atoms with Crippen molar-refractivity contribution in [3.63, 3.8) is 0 Å². The second kappa shape index (κ2) is 14.7. The van der Waals surface area contributed by atoms with E-state index in [0.29, 0.717) is 35.1 Å². The Labute approximate surface area is 316 Å². The summed E-state index contributed by atoms with van der Waals surface area (Å²) in [6.07, 6.45) is 7.97. The molecular weight excluding hydrogens is 710 g/mol. The number of imide groups is 1. The van der Waals surface area contributed by atoms with E-state index in [1.807, 2.05) is 31.2 Å². The van der Waals surface area contributed by atoms with E-state index in [1.54, 1.807) is 45.4 Å². The van der Waals surface area contributed by atoms with E-state index in [2.05, 4.69) is 37.6 Å². The lowest BCUT2D eigenvalue weighted by molar-refractivity contribution is -0.135. The molecule has 1 unspecified atom stereocenters. The van der Waals surface area contributed by atoms with Gasteiger partial charge in [-0.15, -0.1) is 0 Å². The van der Waals surface area contributed by atoms with Crippen molar-refractivity contribution in [2.45, 2.75) is 82.8 Å². The van der Waals surface area contributed by atoms with Crippen LogP contribution in [0.4, 0.5) is 20.2 Å². The molecular formula is C39H46F2N10O4. The molecule has 3 aliphatic rings. The number of hydrogen-bond donors (Lipinski definition) is 2. The number of rotatable bonds is 9. The molecule has 2 N–H and O–H groups in total. The first kappa shape index (κ1) is 36.6. The van der Waals surface area contributed by atoms with Crippen LogP contribution in [0.25, 0.3) is 16.7 Å². The molecule has 14 nitrogen and oxygen atoms in total. The Morgan fingerprint density at radius 1 is 1.04 bits per heavy atom. The highest BCUT2D eigenvalue weighted by Crippen LogP contribution is 2.37. The molecule has 0 radical (unpaired) electrons. The van der Waals surface area contributed by atoms with Crippen LogP contribution in [0.2, 0.25) is 0 Å². The Kier molecular flexibility index (Phi) is 9.78. The fourth-order valence-corrected chi connectivity index (χ4v) is 8.95. The van der Waals surface area contributed by atoms with Crippen molar-refractivity contribution in [1.82, 2.24) is 38.5 Å². The summed E-state index contributed by atoms with van der Waals surface area (Å²) in [5.74, 6) is -0.796. The summed E-state index contributed by atoms with van der Waals surface area (Å²) >= 11 is 0. The molecule has 1 aromatic carbocycles. The van der Waals surface area contributed by atoms with Crippen LogP contribution in [0.5, 0.6) is 0 Å². The topological polar surface area (TPSA) is 144 Å². The Morgan fingerprint density at radius 2 is 1.80 bits per heavy atom. The van der Waals surface area contributed by atoms with Crippen LogP contribution in [0, 0.1) is 12.8 Å². The number of imidazole rings is 1. The number of hydrogen-bond acceptors (Lipinski definition) is 8. The van der Waals surface area contributed by atoms with Crippen molar-refractivity contribution in [3.8, 4) is 0 Å². The Morgan fingerprint density at radius 3 is 2.53 bits per heavy atom. The minimum atomic E-state index is -2.84. The lowest BCUT2D eigenvalue weighted by atomic mass is 9.85. The highest BCUT2D eigenvalue weighted by molar-refractivity contribution is 6.08. The quantitative estimate of drug-likeness (QED) is 0.200. The molecule has 55 heavy (non-hydrogen) atoms. The molecule has 2 aliphatic heterocycles. The summed E-state index contributed by atoms with van der Waals surface area (Å²) in [6.45, 7) is 4.48. The van der Waals surface area contributed by atoms with E-state index in [0.717, 1.165) is 75.1 Å². The first-order valence-electron chi connectivity index (χ1n) is 19.1. The zero-order chi connectivity index (χ0) is 38.5. The van der Waals surface area contributed by atoms with Gasteiger partial charge in [0, 0.05) is 63.4 Å². The van der Waals surface area contributed by atoms with Gasteiger partial charge in [-0.25, -0.2) is 18.6 Å². The molecule has 1 atom stereocenters. The van der Waals surface area contributed by atoms with Gasteiger partial charge in [-0.3, -0.25) is 33.5 Å². The number of anilines is 2. The van der Waals surface area contributed by atoms with E-state index in [-0.39, 0.29) is 29.7 Å². The van der Waals surface area contributed by atoms with Gasteiger partial charge in [0.1, 0.15) is 11.7 Å². The molecule has 16 heteroatoms. The van der Waals surface area contributed by atoms with E-state index < -0.39 is 30.0 Å². The zero-order valence-corrected chi connectivity index (χ0v) is 31.3. The second-order valence-electron chi connectivity index (χ2n) is 15.3. The fraction of sp³-hybridized carbons (Fsp3) is 0.487. The largest absolute Gasteiger partial charge is 0.370 e. The molecule has 0 bridgehead atoms. The van der Waals surface area contributed by atoms with E-state index >= 15 is 0 Å². The van der Waals surface area contributed by atoms with Gasteiger partial charge in [0.15, 0.2) is 5.69 Å². The van der Waals surface area contributed by atoms with Crippen molar-refractivity contribution in [1.29, 1.82) is 0 Å². The van der Waals surface area contributed by atoms with Crippen molar-refractivity contribution in [2.75, 3.05) is 36.9 Å². The Hall–Kier alpha value is -5.38. The summed E-state index contributed by atoms with van der Waals surface area (Å²) < 4.78 is 34.8. The summed E-state index contributed by atoms with van der Waals surface area (Å²) in [6, 6.07) is 8.92. The Bertz CT molecular complexity index is 2330. The number of carbonyl (C=O) groups excluding carboxylic acids is 3. The van der Waals surface area contributed by atoms with Crippen LogP contribution in [0.1, 0.15) is 91.6 Å². The third kappa shape index (κ3) is 6.80. The predicted molar refractivity (Wildman–Crippen MR) is 203 cm³/mol. The van der Waals surface area contributed by atoms with Crippen LogP contribution in [0.15, 0.2) is 53.7 Å². The maximum Gasteiger partial charge on any atom is 0.329 e. The van der Waals surface area contributed by atoms with E-state index in [4.69, 9.17) is 0 Å². The number of para-hydroxylation sites is 1. The number of alkyl halides is 2. The molecule has 6 heterocycles. The first-order valence-corrected chi connectivity index (χ1v) is 19.1. The number of amides is 3. The monoisotopic (exact) mass is 756 g/mol. The van der Waals surface area contributed by atoms with Gasteiger partial charge < -0.3 is 19.5 Å². The maximum absolute atomic E-state index is 14.1. The molecule has 8 rings (SSSR count). The number of piperidine rings is 2. The molecule has 1 saturated carbocycles. The molecule has 2 saturated heterocycles.